The summed E-state index contributed by atoms with van der Waals surface area (Å²) in [5, 5.41) is 0. The Morgan fingerprint density at radius 2 is 1.50 bits per heavy atom. The van der Waals surface area contributed by atoms with E-state index in [0.29, 0.717) is 12.3 Å². The van der Waals surface area contributed by atoms with Gasteiger partial charge in [0.15, 0.2) is 5.78 Å². The van der Waals surface area contributed by atoms with Crippen molar-refractivity contribution in [2.24, 2.45) is 23.2 Å². The van der Waals surface area contributed by atoms with Crippen LogP contribution in [0.1, 0.15) is 38.5 Å². The van der Waals surface area contributed by atoms with Crippen molar-refractivity contribution in [2.75, 3.05) is 20.6 Å². The van der Waals surface area contributed by atoms with E-state index in [0.717, 1.165) is 17.8 Å². The van der Waals surface area contributed by atoms with Crippen molar-refractivity contribution in [3.8, 4) is 0 Å². The Balaban J connectivity index is 1.80. The highest BCUT2D eigenvalue weighted by atomic mass is 16.1. The van der Waals surface area contributed by atoms with Crippen LogP contribution in [0.3, 0.4) is 0 Å². The second-order valence-electron chi connectivity index (χ2n) is 6.86. The quantitative estimate of drug-likeness (QED) is 0.729. The molecule has 0 aromatic heterocycles. The van der Waals surface area contributed by atoms with Gasteiger partial charge in [0.25, 0.3) is 0 Å². The molecule has 0 aromatic rings. The fourth-order valence-corrected chi connectivity index (χ4v) is 4.91. The molecule has 4 aliphatic carbocycles. The lowest BCUT2D eigenvalue weighted by molar-refractivity contribution is -0.144. The molecule has 0 atom stereocenters. The number of rotatable bonds is 3. The topological polar surface area (TPSA) is 20.3 Å². The third-order valence-corrected chi connectivity index (χ3v) is 5.09. The summed E-state index contributed by atoms with van der Waals surface area (Å²) in [7, 11) is 4.02. The molecule has 0 unspecified atom stereocenters. The highest BCUT2D eigenvalue weighted by Crippen LogP contribution is 2.60. The Morgan fingerprint density at radius 1 is 1.06 bits per heavy atom. The van der Waals surface area contributed by atoms with Crippen LogP contribution in [-0.4, -0.2) is 31.3 Å². The Kier molecular flexibility index (Phi) is 2.39. The van der Waals surface area contributed by atoms with Crippen LogP contribution in [0.15, 0.2) is 0 Å². The molecule has 2 nitrogen and oxygen atoms in total. The van der Waals surface area contributed by atoms with Crippen molar-refractivity contribution in [2.45, 2.75) is 38.5 Å². The Morgan fingerprint density at radius 3 is 1.88 bits per heavy atom. The van der Waals surface area contributed by atoms with Gasteiger partial charge in [0, 0.05) is 5.41 Å². The van der Waals surface area contributed by atoms with Crippen LogP contribution in [0.4, 0.5) is 0 Å². The molecule has 2 heteroatoms. The number of hydrogen-bond donors (Lipinski definition) is 0. The first-order valence-electron chi connectivity index (χ1n) is 6.75. The molecular formula is C14H23NO. The fourth-order valence-electron chi connectivity index (χ4n) is 4.91. The first-order chi connectivity index (χ1) is 7.57. The van der Waals surface area contributed by atoms with Gasteiger partial charge in [-0.3, -0.25) is 4.79 Å². The van der Waals surface area contributed by atoms with Crippen molar-refractivity contribution in [1.82, 2.24) is 4.90 Å². The van der Waals surface area contributed by atoms with E-state index in [2.05, 4.69) is 0 Å². The molecule has 0 heterocycles. The summed E-state index contributed by atoms with van der Waals surface area (Å²) in [6.45, 7) is 0.659. The van der Waals surface area contributed by atoms with E-state index in [1.165, 1.54) is 38.5 Å². The summed E-state index contributed by atoms with van der Waals surface area (Å²) in [5.41, 5.74) is 0.110. The van der Waals surface area contributed by atoms with Gasteiger partial charge in [-0.15, -0.1) is 0 Å². The molecule has 4 saturated carbocycles. The van der Waals surface area contributed by atoms with Gasteiger partial charge < -0.3 is 4.90 Å². The molecule has 0 aliphatic heterocycles. The molecule has 0 radical (unpaired) electrons. The molecule has 4 aliphatic rings. The Bertz CT molecular complexity index is 273. The summed E-state index contributed by atoms with van der Waals surface area (Å²) in [4.78, 5) is 14.5. The lowest BCUT2D eigenvalue weighted by Crippen LogP contribution is -2.51. The summed E-state index contributed by atoms with van der Waals surface area (Å²) >= 11 is 0. The maximum absolute atomic E-state index is 12.5. The molecule has 0 N–H and O–H groups in total. The van der Waals surface area contributed by atoms with Crippen molar-refractivity contribution in [3.05, 3.63) is 0 Å². The minimum Gasteiger partial charge on any atom is -0.302 e. The number of carbonyl (C=O) groups excluding carboxylic acids is 1. The summed E-state index contributed by atoms with van der Waals surface area (Å²) < 4.78 is 0. The predicted octanol–water partition coefficient (Wildman–Crippen LogP) is 2.33. The van der Waals surface area contributed by atoms with Crippen LogP contribution in [0.5, 0.6) is 0 Å². The average Bonchev–Trinajstić information content (AvgIpc) is 2.13. The third kappa shape index (κ3) is 1.62. The molecule has 0 saturated heterocycles. The molecule has 16 heavy (non-hydrogen) atoms. The summed E-state index contributed by atoms with van der Waals surface area (Å²) in [6, 6.07) is 0. The lowest BCUT2D eigenvalue weighted by Gasteiger charge is -2.56. The van der Waals surface area contributed by atoms with E-state index in [9.17, 15) is 4.79 Å². The minimum absolute atomic E-state index is 0.110. The molecule has 4 bridgehead atoms. The average molecular weight is 221 g/mol. The van der Waals surface area contributed by atoms with Gasteiger partial charge in [-0.25, -0.2) is 0 Å². The van der Waals surface area contributed by atoms with Gasteiger partial charge in [0.05, 0.1) is 6.54 Å². The van der Waals surface area contributed by atoms with Crippen molar-refractivity contribution >= 4 is 5.78 Å². The molecule has 90 valence electrons. The number of likely N-dealkylation sites (N-methyl/N-ethyl adjacent to an activating group) is 1. The third-order valence-electron chi connectivity index (χ3n) is 5.09. The maximum atomic E-state index is 12.5. The minimum atomic E-state index is 0.110. The van der Waals surface area contributed by atoms with Crippen LogP contribution in [0.25, 0.3) is 0 Å². The van der Waals surface area contributed by atoms with E-state index >= 15 is 0 Å². The molecule has 4 rings (SSSR count). The van der Waals surface area contributed by atoms with Crippen LogP contribution in [-0.2, 0) is 4.79 Å². The van der Waals surface area contributed by atoms with Gasteiger partial charge in [-0.05, 0) is 70.4 Å². The van der Waals surface area contributed by atoms with Crippen LogP contribution < -0.4 is 0 Å². The maximum Gasteiger partial charge on any atom is 0.152 e. The SMILES string of the molecule is CN(C)CC(=O)C12CC3CC(CC(C3)C1)C2. The van der Waals surface area contributed by atoms with Crippen LogP contribution in [0.2, 0.25) is 0 Å². The molecule has 4 fully saturated rings. The number of Topliss-reactive ketones (excluding diaryl/α,β-unsaturated/α-hetero) is 1. The number of carbonyl (C=O) groups is 1. The number of ketones is 1. The van der Waals surface area contributed by atoms with Gasteiger partial charge in [0.2, 0.25) is 0 Å². The van der Waals surface area contributed by atoms with Crippen molar-refractivity contribution < 1.29 is 4.79 Å². The highest BCUT2D eigenvalue weighted by Gasteiger charge is 2.54. The first-order valence-corrected chi connectivity index (χ1v) is 6.75. The predicted molar refractivity (Wildman–Crippen MR) is 64.2 cm³/mol. The summed E-state index contributed by atoms with van der Waals surface area (Å²) in [5.74, 6) is 3.20. The van der Waals surface area contributed by atoms with E-state index in [4.69, 9.17) is 0 Å². The first kappa shape index (κ1) is 10.8. The van der Waals surface area contributed by atoms with Gasteiger partial charge in [-0.1, -0.05) is 0 Å². The van der Waals surface area contributed by atoms with Crippen LogP contribution in [0, 0.1) is 23.2 Å². The fraction of sp³-hybridized carbons (Fsp3) is 0.929. The second-order valence-corrected chi connectivity index (χ2v) is 6.86. The largest absolute Gasteiger partial charge is 0.302 e. The normalized spacial score (nSPS) is 45.3. The second kappa shape index (κ2) is 3.56. The molecular weight excluding hydrogens is 198 g/mol. The van der Waals surface area contributed by atoms with E-state index in [-0.39, 0.29) is 5.41 Å². The van der Waals surface area contributed by atoms with Gasteiger partial charge in [-0.2, -0.15) is 0 Å². The smallest absolute Gasteiger partial charge is 0.152 e. The number of nitrogens with zero attached hydrogens (tertiary/aromatic N) is 1. The van der Waals surface area contributed by atoms with E-state index in [1.54, 1.807) is 0 Å². The molecule has 0 amide bonds. The monoisotopic (exact) mass is 221 g/mol. The molecule has 0 spiro atoms. The van der Waals surface area contributed by atoms with Crippen molar-refractivity contribution in [3.63, 3.8) is 0 Å². The van der Waals surface area contributed by atoms with E-state index in [1.807, 2.05) is 19.0 Å². The van der Waals surface area contributed by atoms with E-state index < -0.39 is 0 Å². The zero-order valence-corrected chi connectivity index (χ0v) is 10.5. The standard InChI is InChI=1S/C14H23NO/c1-15(2)9-13(16)14-6-10-3-11(7-14)5-12(4-10)8-14/h10-12H,3-9H2,1-2H3. The number of hydrogen-bond acceptors (Lipinski definition) is 2. The Labute approximate surface area is 98.4 Å². The molecule has 0 aromatic carbocycles. The Hall–Kier alpha value is -0.370. The van der Waals surface area contributed by atoms with Crippen LogP contribution >= 0.6 is 0 Å². The van der Waals surface area contributed by atoms with Gasteiger partial charge >= 0.3 is 0 Å². The van der Waals surface area contributed by atoms with Crippen molar-refractivity contribution in [1.29, 1.82) is 0 Å². The lowest BCUT2D eigenvalue weighted by atomic mass is 9.48. The van der Waals surface area contributed by atoms with Gasteiger partial charge in [0.1, 0.15) is 0 Å². The zero-order valence-electron chi connectivity index (χ0n) is 10.5. The highest BCUT2D eigenvalue weighted by molar-refractivity contribution is 5.87. The summed E-state index contributed by atoms with van der Waals surface area (Å²) in [6.07, 6.45) is 7.92. The zero-order chi connectivity index (χ0) is 11.3.